The highest BCUT2D eigenvalue weighted by molar-refractivity contribution is 7.85. The Morgan fingerprint density at radius 3 is 2.22 bits per heavy atom. The third-order valence-corrected chi connectivity index (χ3v) is 4.23. The van der Waals surface area contributed by atoms with Crippen molar-refractivity contribution in [3.05, 3.63) is 54.6 Å². The molecule has 0 saturated carbocycles. The first-order chi connectivity index (χ1) is 10.8. The van der Waals surface area contributed by atoms with Crippen molar-refractivity contribution in [1.82, 2.24) is 0 Å². The van der Waals surface area contributed by atoms with Crippen molar-refractivity contribution < 1.29 is 18.1 Å². The number of benzene rings is 3. The van der Waals surface area contributed by atoms with E-state index in [1.807, 2.05) is 12.1 Å². The molecular weight excluding hydrogens is 316 g/mol. The van der Waals surface area contributed by atoms with Crippen LogP contribution in [0.4, 0.5) is 17.1 Å². The van der Waals surface area contributed by atoms with Gasteiger partial charge in [-0.05, 0) is 47.9 Å². The van der Waals surface area contributed by atoms with Crippen LogP contribution in [0.3, 0.4) is 0 Å². The summed E-state index contributed by atoms with van der Waals surface area (Å²) >= 11 is 0. The minimum Gasteiger partial charge on any atom is -0.507 e. The average molecular weight is 330 g/mol. The zero-order chi connectivity index (χ0) is 16.6. The Bertz CT molecular complexity index is 983. The Kier molecular flexibility index (Phi) is 3.59. The van der Waals surface area contributed by atoms with Crippen LogP contribution in [-0.4, -0.2) is 18.1 Å². The van der Waals surface area contributed by atoms with E-state index in [0.717, 1.165) is 17.4 Å². The van der Waals surface area contributed by atoms with Gasteiger partial charge in [-0.3, -0.25) is 4.55 Å². The second-order valence-electron chi connectivity index (χ2n) is 5.10. The summed E-state index contributed by atoms with van der Waals surface area (Å²) in [7, 11) is -4.37. The van der Waals surface area contributed by atoms with E-state index >= 15 is 0 Å². The predicted molar refractivity (Wildman–Crippen MR) is 89.6 cm³/mol. The number of phenols is 1. The van der Waals surface area contributed by atoms with Gasteiger partial charge in [0.2, 0.25) is 0 Å². The van der Waals surface area contributed by atoms with E-state index in [4.69, 9.17) is 10.3 Å². The number of hydrogen-bond donors (Lipinski definition) is 4. The molecular formula is C16H14N2O4S. The van der Waals surface area contributed by atoms with Crippen LogP contribution in [0.5, 0.6) is 5.75 Å². The number of nitrogen functional groups attached to an aromatic ring is 1. The third-order valence-electron chi connectivity index (χ3n) is 3.40. The normalized spacial score (nSPS) is 11.5. The molecule has 3 rings (SSSR count). The van der Waals surface area contributed by atoms with Crippen molar-refractivity contribution >= 4 is 38.0 Å². The van der Waals surface area contributed by atoms with E-state index in [1.165, 1.54) is 6.07 Å². The van der Waals surface area contributed by atoms with Gasteiger partial charge in [-0.2, -0.15) is 8.42 Å². The molecule has 6 nitrogen and oxygen atoms in total. The SMILES string of the molecule is Nc1ccc(Nc2ccc3cc(S(=O)(=O)O)cc(O)c3c2)cc1. The van der Waals surface area contributed by atoms with Gasteiger partial charge < -0.3 is 16.2 Å². The Balaban J connectivity index is 2.02. The molecule has 0 unspecified atom stereocenters. The summed E-state index contributed by atoms with van der Waals surface area (Å²) in [5, 5.41) is 14.2. The Labute approximate surface area is 132 Å². The van der Waals surface area contributed by atoms with Gasteiger partial charge in [0.25, 0.3) is 10.1 Å². The second-order valence-corrected chi connectivity index (χ2v) is 6.52. The largest absolute Gasteiger partial charge is 0.507 e. The zero-order valence-corrected chi connectivity index (χ0v) is 12.7. The minimum absolute atomic E-state index is 0.226. The highest BCUT2D eigenvalue weighted by Crippen LogP contribution is 2.31. The zero-order valence-electron chi connectivity index (χ0n) is 11.9. The van der Waals surface area contributed by atoms with Crippen molar-refractivity contribution in [3.8, 4) is 5.75 Å². The number of phenolic OH excluding ortho intramolecular Hbond substituents is 1. The molecule has 0 radical (unpaired) electrons. The number of aromatic hydroxyl groups is 1. The number of fused-ring (bicyclic) bond motifs is 1. The molecule has 0 heterocycles. The van der Waals surface area contributed by atoms with Gasteiger partial charge in [-0.15, -0.1) is 0 Å². The first-order valence-electron chi connectivity index (χ1n) is 6.70. The van der Waals surface area contributed by atoms with Crippen LogP contribution in [0, 0.1) is 0 Å². The van der Waals surface area contributed by atoms with Gasteiger partial charge in [0.1, 0.15) is 5.75 Å². The van der Waals surface area contributed by atoms with E-state index in [9.17, 15) is 13.5 Å². The minimum atomic E-state index is -4.37. The highest BCUT2D eigenvalue weighted by atomic mass is 32.2. The van der Waals surface area contributed by atoms with Crippen LogP contribution in [-0.2, 0) is 10.1 Å². The first kappa shape index (κ1) is 15.1. The molecule has 0 aliphatic carbocycles. The number of nitrogens with one attached hydrogen (secondary N) is 1. The smallest absolute Gasteiger partial charge is 0.294 e. The fraction of sp³-hybridized carbons (Fsp3) is 0. The summed E-state index contributed by atoms with van der Waals surface area (Å²) in [5.74, 6) is -0.226. The van der Waals surface area contributed by atoms with Gasteiger partial charge in [0, 0.05) is 28.5 Å². The first-order valence-corrected chi connectivity index (χ1v) is 8.14. The van der Waals surface area contributed by atoms with Gasteiger partial charge >= 0.3 is 0 Å². The molecule has 0 aromatic heterocycles. The standard InChI is InChI=1S/C16H14N2O4S/c17-11-2-5-12(6-3-11)18-13-4-1-10-7-14(23(20,21)22)9-16(19)15(10)8-13/h1-9,18-19H,17H2,(H,20,21,22). The van der Waals surface area contributed by atoms with Gasteiger partial charge in [0.15, 0.2) is 0 Å². The molecule has 0 aliphatic rings. The summed E-state index contributed by atoms with van der Waals surface area (Å²) in [4.78, 5) is -0.346. The Morgan fingerprint density at radius 1 is 0.913 bits per heavy atom. The topological polar surface area (TPSA) is 113 Å². The predicted octanol–water partition coefficient (Wildman–Crippen LogP) is 3.12. The molecule has 0 atom stereocenters. The molecule has 0 spiro atoms. The van der Waals surface area contributed by atoms with Crippen LogP contribution in [0.15, 0.2) is 59.5 Å². The molecule has 3 aromatic carbocycles. The van der Waals surface area contributed by atoms with Crippen LogP contribution in [0.25, 0.3) is 10.8 Å². The maximum Gasteiger partial charge on any atom is 0.294 e. The maximum absolute atomic E-state index is 11.2. The van der Waals surface area contributed by atoms with Crippen molar-refractivity contribution in [2.24, 2.45) is 0 Å². The van der Waals surface area contributed by atoms with Crippen molar-refractivity contribution in [3.63, 3.8) is 0 Å². The summed E-state index contributed by atoms with van der Waals surface area (Å²) in [6.45, 7) is 0. The van der Waals surface area contributed by atoms with Gasteiger partial charge in [-0.25, -0.2) is 0 Å². The molecule has 0 bridgehead atoms. The fourth-order valence-corrected chi connectivity index (χ4v) is 2.81. The lowest BCUT2D eigenvalue weighted by Crippen LogP contribution is -1.98. The summed E-state index contributed by atoms with van der Waals surface area (Å²) in [6.07, 6.45) is 0. The van der Waals surface area contributed by atoms with Crippen molar-refractivity contribution in [2.45, 2.75) is 4.90 Å². The van der Waals surface area contributed by atoms with E-state index < -0.39 is 10.1 Å². The lowest BCUT2D eigenvalue weighted by Gasteiger charge is -2.10. The maximum atomic E-state index is 11.2. The number of hydrogen-bond acceptors (Lipinski definition) is 5. The summed E-state index contributed by atoms with van der Waals surface area (Å²) in [5.41, 5.74) is 7.84. The number of rotatable bonds is 3. The summed E-state index contributed by atoms with van der Waals surface area (Å²) in [6, 6.07) is 14.6. The lowest BCUT2D eigenvalue weighted by atomic mass is 10.1. The molecule has 23 heavy (non-hydrogen) atoms. The molecule has 3 aromatic rings. The molecule has 0 aliphatic heterocycles. The van der Waals surface area contributed by atoms with E-state index in [-0.39, 0.29) is 10.6 Å². The number of nitrogens with two attached hydrogens (primary N) is 1. The summed E-state index contributed by atoms with van der Waals surface area (Å²) < 4.78 is 31.5. The fourth-order valence-electron chi connectivity index (χ4n) is 2.27. The molecule has 7 heteroatoms. The van der Waals surface area contributed by atoms with E-state index in [0.29, 0.717) is 16.5 Å². The van der Waals surface area contributed by atoms with Crippen molar-refractivity contribution in [2.75, 3.05) is 11.1 Å². The monoisotopic (exact) mass is 330 g/mol. The van der Waals surface area contributed by atoms with Gasteiger partial charge in [-0.1, -0.05) is 6.07 Å². The van der Waals surface area contributed by atoms with Crippen LogP contribution in [0.2, 0.25) is 0 Å². The molecule has 0 fully saturated rings. The Morgan fingerprint density at radius 2 is 1.57 bits per heavy atom. The number of anilines is 3. The molecule has 0 amide bonds. The Hall–Kier alpha value is -2.77. The third kappa shape index (κ3) is 3.20. The van der Waals surface area contributed by atoms with Gasteiger partial charge in [0.05, 0.1) is 4.90 Å². The van der Waals surface area contributed by atoms with Crippen molar-refractivity contribution in [1.29, 1.82) is 0 Å². The molecule has 118 valence electrons. The van der Waals surface area contributed by atoms with E-state index in [1.54, 1.807) is 30.3 Å². The van der Waals surface area contributed by atoms with Crippen LogP contribution in [0.1, 0.15) is 0 Å². The quantitative estimate of drug-likeness (QED) is 0.433. The van der Waals surface area contributed by atoms with Crippen LogP contribution < -0.4 is 11.1 Å². The highest BCUT2D eigenvalue weighted by Gasteiger charge is 2.13. The molecule has 0 saturated heterocycles. The van der Waals surface area contributed by atoms with E-state index in [2.05, 4.69) is 5.32 Å². The van der Waals surface area contributed by atoms with Crippen LogP contribution >= 0.6 is 0 Å². The molecule has 5 N–H and O–H groups in total. The second kappa shape index (κ2) is 5.45. The lowest BCUT2D eigenvalue weighted by molar-refractivity contribution is 0.471. The average Bonchev–Trinajstić information content (AvgIpc) is 2.49.